The first-order valence-electron chi connectivity index (χ1n) is 9.44. The highest BCUT2D eigenvalue weighted by Crippen LogP contribution is 2.46. The highest BCUT2D eigenvalue weighted by molar-refractivity contribution is 5.96. The van der Waals surface area contributed by atoms with Crippen molar-refractivity contribution in [1.82, 2.24) is 29.3 Å². The van der Waals surface area contributed by atoms with Crippen molar-refractivity contribution in [2.75, 3.05) is 13.1 Å². The number of hydrogen-bond acceptors (Lipinski definition) is 5. The minimum absolute atomic E-state index is 0.102. The molecule has 3 aromatic rings. The molecule has 0 unspecified atom stereocenters. The molecular formula is C19H20N6O3. The zero-order valence-corrected chi connectivity index (χ0v) is 15.5. The predicted molar refractivity (Wildman–Crippen MR) is 99.5 cm³/mol. The summed E-state index contributed by atoms with van der Waals surface area (Å²) in [4.78, 5) is 41.6. The SMILES string of the molecule is Cc1c(C(=O)N2CCC3(CCC3=O)CC2)cnn1-c1nn2cccc2c(=O)[nH]1. The molecule has 0 radical (unpaired) electrons. The third-order valence-electron chi connectivity index (χ3n) is 6.26. The van der Waals surface area contributed by atoms with Gasteiger partial charge in [-0.25, -0.2) is 9.20 Å². The molecule has 1 aliphatic carbocycles. The van der Waals surface area contributed by atoms with Crippen molar-refractivity contribution < 1.29 is 9.59 Å². The number of carbonyl (C=O) groups is 2. The molecule has 28 heavy (non-hydrogen) atoms. The Balaban J connectivity index is 1.41. The average molecular weight is 380 g/mol. The number of aromatic nitrogens is 5. The number of fused-ring (bicyclic) bond motifs is 1. The molecule has 1 saturated carbocycles. The molecule has 0 bridgehead atoms. The number of ketones is 1. The van der Waals surface area contributed by atoms with Gasteiger partial charge in [0.1, 0.15) is 11.3 Å². The van der Waals surface area contributed by atoms with E-state index in [2.05, 4.69) is 15.2 Å². The van der Waals surface area contributed by atoms with Crippen LogP contribution in [0.25, 0.3) is 11.5 Å². The summed E-state index contributed by atoms with van der Waals surface area (Å²) in [6, 6.07) is 3.42. The molecule has 144 valence electrons. The van der Waals surface area contributed by atoms with E-state index in [1.54, 1.807) is 30.2 Å². The summed E-state index contributed by atoms with van der Waals surface area (Å²) in [5.74, 6) is 0.497. The molecular weight excluding hydrogens is 360 g/mol. The second-order valence-electron chi connectivity index (χ2n) is 7.67. The predicted octanol–water partition coefficient (Wildman–Crippen LogP) is 1.10. The van der Waals surface area contributed by atoms with E-state index in [-0.39, 0.29) is 22.8 Å². The van der Waals surface area contributed by atoms with Crippen LogP contribution in [0.1, 0.15) is 41.7 Å². The Hall–Kier alpha value is -3.23. The fourth-order valence-corrected chi connectivity index (χ4v) is 4.28. The maximum absolute atomic E-state index is 13.0. The van der Waals surface area contributed by atoms with Gasteiger partial charge in [-0.05, 0) is 38.3 Å². The molecule has 1 saturated heterocycles. The van der Waals surface area contributed by atoms with Gasteiger partial charge in [0.25, 0.3) is 11.5 Å². The Labute approximate surface area is 160 Å². The normalized spacial score (nSPS) is 18.6. The molecule has 2 fully saturated rings. The largest absolute Gasteiger partial charge is 0.338 e. The van der Waals surface area contributed by atoms with Gasteiger partial charge >= 0.3 is 0 Å². The van der Waals surface area contributed by atoms with Crippen molar-refractivity contribution >= 4 is 17.2 Å². The topological polar surface area (TPSA) is 105 Å². The van der Waals surface area contributed by atoms with E-state index in [9.17, 15) is 14.4 Å². The minimum atomic E-state index is -0.274. The summed E-state index contributed by atoms with van der Waals surface area (Å²) in [6.07, 6.45) is 6.30. The molecule has 2 aliphatic rings. The molecule has 1 spiro atoms. The molecule has 5 rings (SSSR count). The van der Waals surface area contributed by atoms with Crippen LogP contribution in [0.4, 0.5) is 0 Å². The molecule has 3 aromatic heterocycles. The molecule has 1 aliphatic heterocycles. The number of nitrogens with one attached hydrogen (secondary N) is 1. The highest BCUT2D eigenvalue weighted by atomic mass is 16.2. The van der Waals surface area contributed by atoms with Crippen molar-refractivity contribution in [3.63, 3.8) is 0 Å². The lowest BCUT2D eigenvalue weighted by Gasteiger charge is -2.46. The van der Waals surface area contributed by atoms with Gasteiger partial charge in [0.2, 0.25) is 5.95 Å². The number of carbonyl (C=O) groups excluding carboxylic acids is 2. The lowest BCUT2D eigenvalue weighted by molar-refractivity contribution is -0.141. The number of rotatable bonds is 2. The fraction of sp³-hybridized carbons (Fsp3) is 0.421. The number of Topliss-reactive ketones (excluding diaryl/α,β-unsaturated/α-hetero) is 1. The van der Waals surface area contributed by atoms with E-state index in [4.69, 9.17) is 0 Å². The second-order valence-corrected chi connectivity index (χ2v) is 7.67. The number of piperidine rings is 1. The van der Waals surface area contributed by atoms with Crippen LogP contribution in [0.2, 0.25) is 0 Å². The summed E-state index contributed by atoms with van der Waals surface area (Å²) in [6.45, 7) is 2.94. The van der Waals surface area contributed by atoms with E-state index in [0.29, 0.717) is 42.1 Å². The van der Waals surface area contributed by atoms with E-state index in [1.807, 2.05) is 0 Å². The van der Waals surface area contributed by atoms with Crippen LogP contribution in [-0.4, -0.2) is 54.1 Å². The van der Waals surface area contributed by atoms with Crippen LogP contribution in [0.15, 0.2) is 29.3 Å². The zero-order chi connectivity index (χ0) is 19.5. The molecule has 1 amide bonds. The van der Waals surface area contributed by atoms with E-state index in [0.717, 1.165) is 19.3 Å². The van der Waals surface area contributed by atoms with E-state index < -0.39 is 0 Å². The maximum Gasteiger partial charge on any atom is 0.276 e. The summed E-state index contributed by atoms with van der Waals surface area (Å²) in [5, 5.41) is 8.63. The molecule has 9 nitrogen and oxygen atoms in total. The Kier molecular flexibility index (Phi) is 3.55. The minimum Gasteiger partial charge on any atom is -0.338 e. The van der Waals surface area contributed by atoms with Gasteiger partial charge in [-0.2, -0.15) is 5.10 Å². The second kappa shape index (κ2) is 5.88. The number of likely N-dealkylation sites (tertiary alicyclic amines) is 1. The Bertz CT molecular complexity index is 1160. The van der Waals surface area contributed by atoms with Gasteiger partial charge in [-0.3, -0.25) is 19.4 Å². The average Bonchev–Trinajstić information content (AvgIpc) is 3.33. The summed E-state index contributed by atoms with van der Waals surface area (Å²) in [5.41, 5.74) is 1.08. The maximum atomic E-state index is 13.0. The summed E-state index contributed by atoms with van der Waals surface area (Å²) >= 11 is 0. The van der Waals surface area contributed by atoms with Crippen molar-refractivity contribution in [2.24, 2.45) is 5.41 Å². The Morgan fingerprint density at radius 3 is 2.68 bits per heavy atom. The van der Waals surface area contributed by atoms with Gasteiger partial charge in [-0.15, -0.1) is 5.10 Å². The smallest absolute Gasteiger partial charge is 0.276 e. The summed E-state index contributed by atoms with van der Waals surface area (Å²) in [7, 11) is 0. The van der Waals surface area contributed by atoms with Crippen molar-refractivity contribution in [1.29, 1.82) is 0 Å². The quantitative estimate of drug-likeness (QED) is 0.717. The van der Waals surface area contributed by atoms with Crippen LogP contribution in [0, 0.1) is 12.3 Å². The molecule has 0 atom stereocenters. The molecule has 1 N–H and O–H groups in total. The molecule has 4 heterocycles. The van der Waals surface area contributed by atoms with Crippen LogP contribution >= 0.6 is 0 Å². The van der Waals surface area contributed by atoms with Crippen LogP contribution in [0.3, 0.4) is 0 Å². The van der Waals surface area contributed by atoms with Gasteiger partial charge < -0.3 is 4.90 Å². The Morgan fingerprint density at radius 2 is 2.00 bits per heavy atom. The van der Waals surface area contributed by atoms with Crippen LogP contribution in [-0.2, 0) is 4.79 Å². The number of hydrogen-bond donors (Lipinski definition) is 1. The first kappa shape index (κ1) is 16.9. The lowest BCUT2D eigenvalue weighted by atomic mass is 9.62. The van der Waals surface area contributed by atoms with E-state index in [1.165, 1.54) is 15.4 Å². The number of amides is 1. The summed E-state index contributed by atoms with van der Waals surface area (Å²) < 4.78 is 2.95. The zero-order valence-electron chi connectivity index (χ0n) is 15.5. The molecule has 0 aromatic carbocycles. The van der Waals surface area contributed by atoms with Crippen LogP contribution in [0.5, 0.6) is 0 Å². The van der Waals surface area contributed by atoms with Gasteiger partial charge in [0.05, 0.1) is 17.5 Å². The van der Waals surface area contributed by atoms with E-state index >= 15 is 0 Å². The number of H-pyrrole nitrogens is 1. The third-order valence-corrected chi connectivity index (χ3v) is 6.26. The van der Waals surface area contributed by atoms with Crippen molar-refractivity contribution in [2.45, 2.75) is 32.6 Å². The first-order chi connectivity index (χ1) is 13.5. The highest BCUT2D eigenvalue weighted by Gasteiger charge is 2.48. The first-order valence-corrected chi connectivity index (χ1v) is 9.44. The van der Waals surface area contributed by atoms with Gasteiger partial charge in [-0.1, -0.05) is 0 Å². The van der Waals surface area contributed by atoms with Crippen molar-refractivity contribution in [3.05, 3.63) is 46.1 Å². The fourth-order valence-electron chi connectivity index (χ4n) is 4.28. The molecule has 9 heteroatoms. The standard InChI is InChI=1S/C19H20N6O3/c1-12-13(17(28)23-9-6-19(7-10-23)5-4-15(19)26)11-20-25(12)18-21-16(27)14-3-2-8-24(14)22-18/h2-3,8,11H,4-7,9-10H2,1H3,(H,21,22,27). The Morgan fingerprint density at radius 1 is 1.21 bits per heavy atom. The monoisotopic (exact) mass is 380 g/mol. The third kappa shape index (κ3) is 2.35. The van der Waals surface area contributed by atoms with Gasteiger partial charge in [0, 0.05) is 31.1 Å². The van der Waals surface area contributed by atoms with Crippen molar-refractivity contribution in [3.8, 4) is 5.95 Å². The lowest BCUT2D eigenvalue weighted by Crippen LogP contribution is -2.51. The number of nitrogens with zero attached hydrogens (tertiary/aromatic N) is 5. The van der Waals surface area contributed by atoms with Gasteiger partial charge in [0.15, 0.2) is 0 Å². The van der Waals surface area contributed by atoms with Crippen LogP contribution < -0.4 is 5.56 Å². The number of aromatic amines is 1.